The Hall–Kier alpha value is -0.800. The molecule has 3 nitrogen and oxygen atoms in total. The molecule has 0 amide bonds. The van der Waals surface area contributed by atoms with Gasteiger partial charge in [-0.05, 0) is 12.6 Å². The van der Waals surface area contributed by atoms with E-state index >= 15 is 0 Å². The van der Waals surface area contributed by atoms with Gasteiger partial charge < -0.3 is 4.57 Å². The minimum absolute atomic E-state index is 0.519. The molecular weight excluding hydrogens is 198 g/mol. The maximum Gasteiger partial charge on any atom is 0.122 e. The molecule has 0 saturated heterocycles. The van der Waals surface area contributed by atoms with Gasteiger partial charge in [0.1, 0.15) is 5.82 Å². The minimum atomic E-state index is 0.519. The summed E-state index contributed by atoms with van der Waals surface area (Å²) in [7, 11) is 4.03. The van der Waals surface area contributed by atoms with Crippen molar-refractivity contribution in [1.82, 2.24) is 14.5 Å². The molecule has 78 valence electrons. The number of hydrogen-bond donors (Lipinski definition) is 0. The molecule has 1 aromatic heterocycles. The van der Waals surface area contributed by atoms with Crippen LogP contribution in [0.1, 0.15) is 5.82 Å². The Morgan fingerprint density at radius 3 is 2.93 bits per heavy atom. The molecule has 1 aromatic rings. The van der Waals surface area contributed by atoms with Crippen molar-refractivity contribution < 1.29 is 0 Å². The number of rotatable bonds is 5. The van der Waals surface area contributed by atoms with Gasteiger partial charge in [-0.25, -0.2) is 4.98 Å². The number of aryl methyl sites for hydroxylation is 1. The van der Waals surface area contributed by atoms with E-state index in [1.54, 1.807) is 6.20 Å². The first-order chi connectivity index (χ1) is 6.63. The Balaban J connectivity index is 2.45. The standard InChI is InChI=1S/C10H16ClN3/c1-9(6-11)7-13(2)8-10-12-4-5-14(10)3/h4-5H,1,6-8H2,2-3H3. The van der Waals surface area contributed by atoms with Gasteiger partial charge in [0.2, 0.25) is 0 Å². The van der Waals surface area contributed by atoms with E-state index < -0.39 is 0 Å². The van der Waals surface area contributed by atoms with Gasteiger partial charge in [0.05, 0.1) is 6.54 Å². The second-order valence-corrected chi connectivity index (χ2v) is 3.78. The summed E-state index contributed by atoms with van der Waals surface area (Å²) < 4.78 is 2.01. The van der Waals surface area contributed by atoms with Gasteiger partial charge in [-0.2, -0.15) is 0 Å². The minimum Gasteiger partial charge on any atom is -0.337 e. The molecule has 0 radical (unpaired) electrons. The average Bonchev–Trinajstić information content (AvgIpc) is 2.51. The molecule has 1 rings (SSSR count). The zero-order valence-corrected chi connectivity index (χ0v) is 9.46. The van der Waals surface area contributed by atoms with Crippen molar-refractivity contribution in [2.75, 3.05) is 19.5 Å². The van der Waals surface area contributed by atoms with E-state index in [4.69, 9.17) is 11.6 Å². The van der Waals surface area contributed by atoms with Gasteiger partial charge in [0.15, 0.2) is 0 Å². The van der Waals surface area contributed by atoms with Crippen molar-refractivity contribution in [1.29, 1.82) is 0 Å². The first-order valence-electron chi connectivity index (χ1n) is 4.51. The second-order valence-electron chi connectivity index (χ2n) is 3.51. The van der Waals surface area contributed by atoms with E-state index in [1.165, 1.54) is 0 Å². The summed E-state index contributed by atoms with van der Waals surface area (Å²) in [5, 5.41) is 0. The molecule has 0 aliphatic rings. The summed E-state index contributed by atoms with van der Waals surface area (Å²) in [6.45, 7) is 5.50. The van der Waals surface area contributed by atoms with E-state index in [9.17, 15) is 0 Å². The number of aromatic nitrogens is 2. The van der Waals surface area contributed by atoms with E-state index in [0.717, 1.165) is 24.5 Å². The molecule has 0 aliphatic carbocycles. The summed E-state index contributed by atoms with van der Waals surface area (Å²) in [6.07, 6.45) is 3.75. The summed E-state index contributed by atoms with van der Waals surface area (Å²) in [5.74, 6) is 1.57. The summed E-state index contributed by atoms with van der Waals surface area (Å²) in [6, 6.07) is 0. The summed E-state index contributed by atoms with van der Waals surface area (Å²) in [4.78, 5) is 6.39. The van der Waals surface area contributed by atoms with Gasteiger partial charge in [0, 0.05) is 31.9 Å². The first kappa shape index (κ1) is 11.3. The summed E-state index contributed by atoms with van der Waals surface area (Å²) in [5.41, 5.74) is 1.03. The first-order valence-corrected chi connectivity index (χ1v) is 5.04. The van der Waals surface area contributed by atoms with E-state index in [1.807, 2.05) is 24.9 Å². The number of nitrogens with zero attached hydrogens (tertiary/aromatic N) is 3. The Morgan fingerprint density at radius 1 is 1.71 bits per heavy atom. The fourth-order valence-electron chi connectivity index (χ4n) is 1.27. The van der Waals surface area contributed by atoms with Crippen molar-refractivity contribution in [3.8, 4) is 0 Å². The molecular formula is C10H16ClN3. The van der Waals surface area contributed by atoms with E-state index in [0.29, 0.717) is 5.88 Å². The number of alkyl halides is 1. The van der Waals surface area contributed by atoms with Gasteiger partial charge >= 0.3 is 0 Å². The number of imidazole rings is 1. The fourth-order valence-corrected chi connectivity index (χ4v) is 1.35. The number of hydrogen-bond acceptors (Lipinski definition) is 2. The van der Waals surface area contributed by atoms with Crippen LogP contribution in [0.4, 0.5) is 0 Å². The molecule has 4 heteroatoms. The normalized spacial score (nSPS) is 10.9. The van der Waals surface area contributed by atoms with Crippen LogP contribution in [-0.4, -0.2) is 33.9 Å². The van der Waals surface area contributed by atoms with Crippen LogP contribution in [0.25, 0.3) is 0 Å². The predicted octanol–water partition coefficient (Wildman–Crippen LogP) is 1.65. The molecule has 0 N–H and O–H groups in total. The third kappa shape index (κ3) is 3.16. The largest absolute Gasteiger partial charge is 0.337 e. The quantitative estimate of drug-likeness (QED) is 0.548. The molecule has 1 heterocycles. The molecule has 0 saturated carbocycles. The van der Waals surface area contributed by atoms with E-state index in [-0.39, 0.29) is 0 Å². The van der Waals surface area contributed by atoms with Crippen LogP contribution in [0.2, 0.25) is 0 Å². The number of halogens is 1. The van der Waals surface area contributed by atoms with Crippen LogP contribution >= 0.6 is 11.6 Å². The van der Waals surface area contributed by atoms with Crippen molar-refractivity contribution in [3.05, 3.63) is 30.4 Å². The maximum atomic E-state index is 5.66. The molecule has 0 bridgehead atoms. The van der Waals surface area contributed by atoms with Crippen molar-refractivity contribution >= 4 is 11.6 Å². The molecule has 0 aliphatic heterocycles. The predicted molar refractivity (Wildman–Crippen MR) is 59.4 cm³/mol. The SMILES string of the molecule is C=C(CCl)CN(C)Cc1nccn1C. The second kappa shape index (κ2) is 5.17. The number of likely N-dealkylation sites (N-methyl/N-ethyl adjacent to an activating group) is 1. The fraction of sp³-hybridized carbons (Fsp3) is 0.500. The zero-order valence-electron chi connectivity index (χ0n) is 8.70. The molecule has 0 atom stereocenters. The van der Waals surface area contributed by atoms with Crippen LogP contribution in [0, 0.1) is 0 Å². The van der Waals surface area contributed by atoms with Crippen LogP contribution in [0.5, 0.6) is 0 Å². The van der Waals surface area contributed by atoms with Crippen LogP contribution in [0.3, 0.4) is 0 Å². The third-order valence-electron chi connectivity index (χ3n) is 2.01. The highest BCUT2D eigenvalue weighted by Gasteiger charge is 2.05. The molecule has 14 heavy (non-hydrogen) atoms. The highest BCUT2D eigenvalue weighted by atomic mass is 35.5. The molecule has 0 aromatic carbocycles. The van der Waals surface area contributed by atoms with Crippen LogP contribution < -0.4 is 0 Å². The van der Waals surface area contributed by atoms with E-state index in [2.05, 4.69) is 16.5 Å². The lowest BCUT2D eigenvalue weighted by Gasteiger charge is -2.16. The van der Waals surface area contributed by atoms with Crippen LogP contribution in [-0.2, 0) is 13.6 Å². The Kier molecular flexibility index (Phi) is 4.17. The highest BCUT2D eigenvalue weighted by Crippen LogP contribution is 2.02. The average molecular weight is 214 g/mol. The third-order valence-corrected chi connectivity index (χ3v) is 2.39. The molecule has 0 unspecified atom stereocenters. The van der Waals surface area contributed by atoms with Gasteiger partial charge in [0.25, 0.3) is 0 Å². The van der Waals surface area contributed by atoms with Crippen molar-refractivity contribution in [2.24, 2.45) is 7.05 Å². The summed E-state index contributed by atoms with van der Waals surface area (Å²) >= 11 is 5.66. The monoisotopic (exact) mass is 213 g/mol. The maximum absolute atomic E-state index is 5.66. The Bertz CT molecular complexity index is 306. The molecule has 0 spiro atoms. The highest BCUT2D eigenvalue weighted by molar-refractivity contribution is 6.19. The van der Waals surface area contributed by atoms with Crippen LogP contribution in [0.15, 0.2) is 24.5 Å². The zero-order chi connectivity index (χ0) is 10.6. The lowest BCUT2D eigenvalue weighted by molar-refractivity contribution is 0.342. The smallest absolute Gasteiger partial charge is 0.122 e. The lowest BCUT2D eigenvalue weighted by Crippen LogP contribution is -2.22. The Labute approximate surface area is 90.0 Å². The van der Waals surface area contributed by atoms with Crippen molar-refractivity contribution in [3.63, 3.8) is 0 Å². The lowest BCUT2D eigenvalue weighted by atomic mass is 10.3. The topological polar surface area (TPSA) is 21.1 Å². The Morgan fingerprint density at radius 2 is 2.43 bits per heavy atom. The van der Waals surface area contributed by atoms with Gasteiger partial charge in [-0.1, -0.05) is 6.58 Å². The molecule has 0 fully saturated rings. The van der Waals surface area contributed by atoms with Gasteiger partial charge in [-0.3, -0.25) is 4.90 Å². The van der Waals surface area contributed by atoms with Gasteiger partial charge in [-0.15, -0.1) is 11.6 Å². The van der Waals surface area contributed by atoms with Crippen molar-refractivity contribution in [2.45, 2.75) is 6.54 Å².